The van der Waals surface area contributed by atoms with Crippen LogP contribution in [0.2, 0.25) is 0 Å². The van der Waals surface area contributed by atoms with Gasteiger partial charge in [-0.2, -0.15) is 0 Å². The molecule has 0 bridgehead atoms. The molecular formula is C15H14NO3-. The number of aliphatic carboxylic acids is 1. The minimum atomic E-state index is -1.08. The Morgan fingerprint density at radius 3 is 2.58 bits per heavy atom. The average molecular weight is 256 g/mol. The summed E-state index contributed by atoms with van der Waals surface area (Å²) in [6.07, 6.45) is 0.222. The predicted octanol–water partition coefficient (Wildman–Crippen LogP) is 1.61. The van der Waals surface area contributed by atoms with Gasteiger partial charge in [0.25, 0.3) is 0 Å². The Bertz CT molecular complexity index is 630. The third-order valence-electron chi connectivity index (χ3n) is 2.87. The van der Waals surface area contributed by atoms with E-state index in [-0.39, 0.29) is 6.42 Å². The molecule has 2 rings (SSSR count). The number of hydrogen-bond acceptors (Lipinski definition) is 3. The molecule has 0 aliphatic rings. The molecule has 0 aliphatic carbocycles. The number of hydrogen-bond donors (Lipinski definition) is 1. The first-order chi connectivity index (χ1) is 9.06. The van der Waals surface area contributed by atoms with Gasteiger partial charge in [0.15, 0.2) is 0 Å². The normalized spacial score (nSPS) is 13.4. The van der Waals surface area contributed by atoms with Crippen LogP contribution in [0.3, 0.4) is 0 Å². The van der Waals surface area contributed by atoms with Gasteiger partial charge in [-0.25, -0.2) is 4.79 Å². The van der Waals surface area contributed by atoms with Crippen LogP contribution in [-0.4, -0.2) is 23.0 Å². The first-order valence-corrected chi connectivity index (χ1v) is 5.98. The number of nitrogens with zero attached hydrogens (tertiary/aromatic N) is 1. The average Bonchev–Trinajstić information content (AvgIpc) is 2.37. The van der Waals surface area contributed by atoms with Gasteiger partial charge in [-0.15, -0.1) is 0 Å². The number of carboxylic acid groups (broad SMARTS) is 1. The first-order valence-electron chi connectivity index (χ1n) is 5.98. The van der Waals surface area contributed by atoms with Crippen molar-refractivity contribution in [2.45, 2.75) is 19.4 Å². The molecule has 1 N–H and O–H groups in total. The molecule has 0 unspecified atom stereocenters. The molecule has 0 saturated carbocycles. The minimum Gasteiger partial charge on any atom is -0.862 e. The summed E-state index contributed by atoms with van der Waals surface area (Å²) in [5.41, 5.74) is 0.858. The van der Waals surface area contributed by atoms with E-state index < -0.39 is 17.9 Å². The third-order valence-corrected chi connectivity index (χ3v) is 2.87. The van der Waals surface area contributed by atoms with Crippen LogP contribution in [0.1, 0.15) is 12.5 Å². The predicted molar refractivity (Wildman–Crippen MR) is 72.2 cm³/mol. The zero-order valence-corrected chi connectivity index (χ0v) is 10.5. The Balaban J connectivity index is 2.29. The van der Waals surface area contributed by atoms with Gasteiger partial charge in [-0.05, 0) is 29.2 Å². The quantitative estimate of drug-likeness (QED) is 0.667. The Hall–Kier alpha value is -2.36. The van der Waals surface area contributed by atoms with Crippen molar-refractivity contribution >= 4 is 22.6 Å². The van der Waals surface area contributed by atoms with Crippen LogP contribution in [0.5, 0.6) is 0 Å². The lowest BCUT2D eigenvalue weighted by Gasteiger charge is -2.12. The van der Waals surface area contributed by atoms with Gasteiger partial charge in [0.2, 0.25) is 0 Å². The topological polar surface area (TPSA) is 72.7 Å². The molecule has 4 nitrogen and oxygen atoms in total. The van der Waals surface area contributed by atoms with Gasteiger partial charge in [-0.1, -0.05) is 42.5 Å². The molecule has 0 fully saturated rings. The lowest BCUT2D eigenvalue weighted by molar-refractivity contribution is -0.216. The molecule has 0 saturated heterocycles. The number of aliphatic imine (C=N–C) groups is 1. The zero-order chi connectivity index (χ0) is 13.8. The molecule has 2 aromatic rings. The lowest BCUT2D eigenvalue weighted by atomic mass is 10.0. The maximum atomic E-state index is 11.1. The largest absolute Gasteiger partial charge is 0.862 e. The minimum absolute atomic E-state index is 0.222. The van der Waals surface area contributed by atoms with E-state index in [4.69, 9.17) is 5.11 Å². The molecule has 0 spiro atoms. The summed E-state index contributed by atoms with van der Waals surface area (Å²) in [5.74, 6) is -1.54. The van der Waals surface area contributed by atoms with E-state index in [0.717, 1.165) is 16.3 Å². The SMILES string of the molecule is CC([O-])=N[C@H](Cc1ccc2ccccc2c1)C(=O)O. The maximum Gasteiger partial charge on any atom is 0.328 e. The molecule has 98 valence electrons. The molecule has 2 aromatic carbocycles. The molecule has 0 amide bonds. The number of carbonyl (C=O) groups is 1. The van der Waals surface area contributed by atoms with Crippen molar-refractivity contribution in [3.63, 3.8) is 0 Å². The highest BCUT2D eigenvalue weighted by Crippen LogP contribution is 2.17. The van der Waals surface area contributed by atoms with Crippen LogP contribution in [-0.2, 0) is 11.2 Å². The molecule has 1 atom stereocenters. The second-order valence-corrected chi connectivity index (χ2v) is 4.39. The number of fused-ring (bicyclic) bond motifs is 1. The van der Waals surface area contributed by atoms with Crippen molar-refractivity contribution in [3.05, 3.63) is 48.0 Å². The van der Waals surface area contributed by atoms with Crippen LogP contribution in [0.15, 0.2) is 47.5 Å². The van der Waals surface area contributed by atoms with Crippen molar-refractivity contribution < 1.29 is 15.0 Å². The number of rotatable bonds is 4. The van der Waals surface area contributed by atoms with Crippen molar-refractivity contribution in [2.75, 3.05) is 0 Å². The third kappa shape index (κ3) is 3.31. The second kappa shape index (κ2) is 5.52. The highest BCUT2D eigenvalue weighted by molar-refractivity contribution is 5.83. The van der Waals surface area contributed by atoms with Crippen LogP contribution in [0.4, 0.5) is 0 Å². The zero-order valence-electron chi connectivity index (χ0n) is 10.5. The summed E-state index contributed by atoms with van der Waals surface area (Å²) in [6.45, 7) is 1.26. The van der Waals surface area contributed by atoms with Crippen molar-refractivity contribution in [1.29, 1.82) is 0 Å². The molecular weight excluding hydrogens is 242 g/mol. The molecule has 4 heteroatoms. The molecule has 0 radical (unpaired) electrons. The second-order valence-electron chi connectivity index (χ2n) is 4.39. The fraction of sp³-hybridized carbons (Fsp3) is 0.200. The summed E-state index contributed by atoms with van der Waals surface area (Å²) in [4.78, 5) is 14.7. The Morgan fingerprint density at radius 2 is 1.95 bits per heavy atom. The van der Waals surface area contributed by atoms with Crippen molar-refractivity contribution in [3.8, 4) is 0 Å². The van der Waals surface area contributed by atoms with E-state index in [0.29, 0.717) is 0 Å². The highest BCUT2D eigenvalue weighted by Gasteiger charge is 2.16. The Morgan fingerprint density at radius 1 is 1.26 bits per heavy atom. The van der Waals surface area contributed by atoms with E-state index in [2.05, 4.69) is 4.99 Å². The maximum absolute atomic E-state index is 11.1. The van der Waals surface area contributed by atoms with Crippen LogP contribution in [0, 0.1) is 0 Å². The molecule has 0 aliphatic heterocycles. The van der Waals surface area contributed by atoms with Crippen molar-refractivity contribution in [2.24, 2.45) is 4.99 Å². The van der Waals surface area contributed by atoms with Gasteiger partial charge in [-0.3, -0.25) is 4.99 Å². The van der Waals surface area contributed by atoms with E-state index in [1.54, 1.807) is 0 Å². The summed E-state index contributed by atoms with van der Waals surface area (Å²) in [7, 11) is 0. The summed E-state index contributed by atoms with van der Waals surface area (Å²) >= 11 is 0. The van der Waals surface area contributed by atoms with Crippen LogP contribution in [0.25, 0.3) is 10.8 Å². The van der Waals surface area contributed by atoms with Crippen molar-refractivity contribution in [1.82, 2.24) is 0 Å². The van der Waals surface area contributed by atoms with Gasteiger partial charge in [0, 0.05) is 6.42 Å². The van der Waals surface area contributed by atoms with E-state index >= 15 is 0 Å². The van der Waals surface area contributed by atoms with E-state index in [9.17, 15) is 9.90 Å². The monoisotopic (exact) mass is 256 g/mol. The fourth-order valence-corrected chi connectivity index (χ4v) is 2.00. The van der Waals surface area contributed by atoms with Gasteiger partial charge < -0.3 is 10.2 Å². The molecule has 0 heterocycles. The highest BCUT2D eigenvalue weighted by atomic mass is 16.4. The van der Waals surface area contributed by atoms with Gasteiger partial charge in [0.05, 0.1) is 0 Å². The molecule has 19 heavy (non-hydrogen) atoms. The lowest BCUT2D eigenvalue weighted by Crippen LogP contribution is -2.25. The summed E-state index contributed by atoms with van der Waals surface area (Å²) in [5, 5.41) is 22.1. The summed E-state index contributed by atoms with van der Waals surface area (Å²) < 4.78 is 0. The van der Waals surface area contributed by atoms with Crippen LogP contribution < -0.4 is 5.11 Å². The smallest absolute Gasteiger partial charge is 0.328 e. The standard InChI is InChI=1S/C15H15NO3/c1-10(17)16-14(15(18)19)9-11-6-7-12-4-2-3-5-13(12)8-11/h2-8,14H,9H2,1H3,(H,16,17)(H,18,19)/p-1/t14-/m1/s1. The van der Waals surface area contributed by atoms with Gasteiger partial charge in [0.1, 0.15) is 6.04 Å². The Kier molecular flexibility index (Phi) is 3.80. The first kappa shape index (κ1) is 13.1. The Labute approximate surface area is 111 Å². The van der Waals surface area contributed by atoms with Gasteiger partial charge >= 0.3 is 5.97 Å². The molecule has 0 aromatic heterocycles. The number of benzene rings is 2. The number of carboxylic acids is 1. The van der Waals surface area contributed by atoms with E-state index in [1.165, 1.54) is 6.92 Å². The van der Waals surface area contributed by atoms with Crippen LogP contribution >= 0.6 is 0 Å². The summed E-state index contributed by atoms with van der Waals surface area (Å²) in [6, 6.07) is 12.6. The van der Waals surface area contributed by atoms with E-state index in [1.807, 2.05) is 42.5 Å². The fourth-order valence-electron chi connectivity index (χ4n) is 2.00.